The number of fused-ring (bicyclic) bond motifs is 3. The number of anilines is 1. The molecular formula is C17H17N2O4S-. The van der Waals surface area contributed by atoms with E-state index in [2.05, 4.69) is 10.3 Å². The molecule has 6 nitrogen and oxygen atoms in total. The van der Waals surface area contributed by atoms with Gasteiger partial charge in [0.05, 0.1) is 17.3 Å². The number of carbonyl (C=O) groups excluding carboxylic acids is 2. The number of hydrogen-bond acceptors (Lipinski definition) is 6. The van der Waals surface area contributed by atoms with E-state index in [9.17, 15) is 14.7 Å². The number of rotatable bonds is 4. The number of thiazole rings is 1. The lowest BCUT2D eigenvalue weighted by Gasteiger charge is -2.30. The average Bonchev–Trinajstić information content (AvgIpc) is 3.26. The van der Waals surface area contributed by atoms with Crippen LogP contribution in [0.5, 0.6) is 5.75 Å². The van der Waals surface area contributed by atoms with E-state index in [4.69, 9.17) is 4.74 Å². The highest BCUT2D eigenvalue weighted by Gasteiger charge is 2.51. The van der Waals surface area contributed by atoms with Gasteiger partial charge >= 0.3 is 0 Å². The van der Waals surface area contributed by atoms with Gasteiger partial charge in [0.1, 0.15) is 5.75 Å². The number of nitrogens with one attached hydrogen (secondary N) is 1. The van der Waals surface area contributed by atoms with Crippen LogP contribution in [-0.2, 0) is 9.59 Å². The van der Waals surface area contributed by atoms with Crippen molar-refractivity contribution in [3.63, 3.8) is 0 Å². The van der Waals surface area contributed by atoms with E-state index in [1.165, 1.54) is 11.3 Å². The maximum absolute atomic E-state index is 12.7. The smallest absolute Gasteiger partial charge is 0.230 e. The Morgan fingerprint density at radius 2 is 2.04 bits per heavy atom. The molecule has 0 radical (unpaired) electrons. The van der Waals surface area contributed by atoms with Crippen LogP contribution in [0.25, 0.3) is 10.2 Å². The standard InChI is InChI=1S/C17H18N2O4S/c1-23-10-4-5-11-12(7-10)24-17(18-11)19-15(20)13-8-2-3-9(6-8)14(13)16(21)22/h4-5,7-9,13-14H,2-3,6H2,1H3,(H,21,22)(H,18,19,20)/p-1/t8-,9+,13+,14+/m1/s1. The number of carboxylic acids is 1. The largest absolute Gasteiger partial charge is 0.550 e. The first-order valence-electron chi connectivity index (χ1n) is 8.03. The lowest BCUT2D eigenvalue weighted by atomic mass is 9.79. The molecule has 24 heavy (non-hydrogen) atoms. The molecule has 2 saturated carbocycles. The molecule has 0 unspecified atom stereocenters. The Balaban J connectivity index is 1.56. The first kappa shape index (κ1) is 15.4. The molecule has 126 valence electrons. The molecule has 4 rings (SSSR count). The molecule has 1 heterocycles. The summed E-state index contributed by atoms with van der Waals surface area (Å²) in [7, 11) is 1.60. The van der Waals surface area contributed by atoms with E-state index in [1.54, 1.807) is 7.11 Å². The Morgan fingerprint density at radius 3 is 2.75 bits per heavy atom. The minimum absolute atomic E-state index is 0.0791. The van der Waals surface area contributed by atoms with Gasteiger partial charge in [-0.25, -0.2) is 4.98 Å². The van der Waals surface area contributed by atoms with Crippen LogP contribution in [0, 0.1) is 23.7 Å². The number of methoxy groups -OCH3 is 1. The van der Waals surface area contributed by atoms with E-state index < -0.39 is 17.8 Å². The number of hydrogen-bond donors (Lipinski definition) is 1. The van der Waals surface area contributed by atoms with Crippen molar-refractivity contribution in [1.29, 1.82) is 0 Å². The SMILES string of the molecule is COc1ccc2nc(NC(=O)[C@H]3[C@@H]4CC[C@@H](C4)[C@@H]3C(=O)[O-])sc2c1. The van der Waals surface area contributed by atoms with Gasteiger partial charge < -0.3 is 20.0 Å². The van der Waals surface area contributed by atoms with Gasteiger partial charge in [0.15, 0.2) is 5.13 Å². The van der Waals surface area contributed by atoms with Gasteiger partial charge in [-0.2, -0.15) is 0 Å². The molecule has 2 fully saturated rings. The van der Waals surface area contributed by atoms with Gasteiger partial charge in [-0.1, -0.05) is 11.3 Å². The average molecular weight is 345 g/mol. The second kappa shape index (κ2) is 5.73. The fourth-order valence-corrected chi connectivity index (χ4v) is 5.18. The van der Waals surface area contributed by atoms with Crippen molar-refractivity contribution < 1.29 is 19.4 Å². The highest BCUT2D eigenvalue weighted by Crippen LogP contribution is 2.52. The molecule has 2 bridgehead atoms. The summed E-state index contributed by atoms with van der Waals surface area (Å²) in [6.07, 6.45) is 2.62. The van der Waals surface area contributed by atoms with Crippen LogP contribution in [0.4, 0.5) is 5.13 Å². The van der Waals surface area contributed by atoms with Crippen molar-refractivity contribution in [2.45, 2.75) is 19.3 Å². The molecule has 2 aromatic rings. The normalized spacial score (nSPS) is 28.2. The van der Waals surface area contributed by atoms with Gasteiger partial charge in [-0.15, -0.1) is 0 Å². The highest BCUT2D eigenvalue weighted by atomic mass is 32.1. The Hall–Kier alpha value is -2.15. The van der Waals surface area contributed by atoms with Gasteiger partial charge in [0.2, 0.25) is 5.91 Å². The topological polar surface area (TPSA) is 91.3 Å². The Kier molecular flexibility index (Phi) is 3.68. The second-order valence-electron chi connectivity index (χ2n) is 6.55. The Morgan fingerprint density at radius 1 is 1.29 bits per heavy atom. The van der Waals surface area contributed by atoms with Crippen molar-refractivity contribution in [3.05, 3.63) is 18.2 Å². The van der Waals surface area contributed by atoms with E-state index in [0.29, 0.717) is 5.13 Å². The molecule has 0 spiro atoms. The predicted molar refractivity (Wildman–Crippen MR) is 87.6 cm³/mol. The molecule has 7 heteroatoms. The first-order valence-corrected chi connectivity index (χ1v) is 8.85. The van der Waals surface area contributed by atoms with Crippen LogP contribution in [0.15, 0.2) is 18.2 Å². The second-order valence-corrected chi connectivity index (χ2v) is 7.58. The number of aliphatic carboxylic acids is 1. The molecular weight excluding hydrogens is 328 g/mol. The molecule has 2 aliphatic carbocycles. The van der Waals surface area contributed by atoms with Crippen LogP contribution in [0.1, 0.15) is 19.3 Å². The van der Waals surface area contributed by atoms with E-state index in [-0.39, 0.29) is 17.7 Å². The van der Waals surface area contributed by atoms with Crippen LogP contribution < -0.4 is 15.2 Å². The van der Waals surface area contributed by atoms with E-state index >= 15 is 0 Å². The third kappa shape index (κ3) is 2.43. The Bertz CT molecular complexity index is 818. The van der Waals surface area contributed by atoms with Crippen molar-refractivity contribution in [2.24, 2.45) is 23.7 Å². The fraction of sp³-hybridized carbons (Fsp3) is 0.471. The zero-order valence-corrected chi connectivity index (χ0v) is 14.0. The molecule has 1 aromatic heterocycles. The fourth-order valence-electron chi connectivity index (χ4n) is 4.28. The number of amides is 1. The molecule has 0 saturated heterocycles. The minimum Gasteiger partial charge on any atom is -0.550 e. The summed E-state index contributed by atoms with van der Waals surface area (Å²) < 4.78 is 6.10. The number of nitrogens with zero attached hydrogens (tertiary/aromatic N) is 1. The summed E-state index contributed by atoms with van der Waals surface area (Å²) in [5.41, 5.74) is 0.778. The van der Waals surface area contributed by atoms with Gasteiger partial charge in [0.25, 0.3) is 0 Å². The maximum Gasteiger partial charge on any atom is 0.230 e. The lowest BCUT2D eigenvalue weighted by Crippen LogP contribution is -2.43. The van der Waals surface area contributed by atoms with Gasteiger partial charge in [-0.3, -0.25) is 4.79 Å². The summed E-state index contributed by atoms with van der Waals surface area (Å²) in [6, 6.07) is 5.52. The molecule has 0 aliphatic heterocycles. The number of benzene rings is 1. The number of carboxylic acid groups (broad SMARTS) is 1. The molecule has 1 N–H and O–H groups in total. The van der Waals surface area contributed by atoms with Crippen molar-refractivity contribution in [1.82, 2.24) is 4.98 Å². The van der Waals surface area contributed by atoms with Crippen molar-refractivity contribution in [2.75, 3.05) is 12.4 Å². The maximum atomic E-state index is 12.7. The number of ether oxygens (including phenoxy) is 1. The zero-order chi connectivity index (χ0) is 16.8. The summed E-state index contributed by atoms with van der Waals surface area (Å²) in [4.78, 5) is 28.5. The quantitative estimate of drug-likeness (QED) is 0.910. The third-order valence-corrected chi connectivity index (χ3v) is 6.25. The van der Waals surface area contributed by atoms with Crippen LogP contribution in [-0.4, -0.2) is 24.0 Å². The summed E-state index contributed by atoms with van der Waals surface area (Å²) in [5, 5.41) is 14.8. The first-order chi connectivity index (χ1) is 11.6. The van der Waals surface area contributed by atoms with Crippen LogP contribution in [0.2, 0.25) is 0 Å². The van der Waals surface area contributed by atoms with E-state index in [0.717, 1.165) is 35.2 Å². The summed E-state index contributed by atoms with van der Waals surface area (Å²) in [6.45, 7) is 0. The zero-order valence-electron chi connectivity index (χ0n) is 13.2. The van der Waals surface area contributed by atoms with E-state index in [1.807, 2.05) is 18.2 Å². The molecule has 4 atom stereocenters. The molecule has 1 aromatic carbocycles. The van der Waals surface area contributed by atoms with Gasteiger partial charge in [0, 0.05) is 17.8 Å². The van der Waals surface area contributed by atoms with Crippen LogP contribution >= 0.6 is 11.3 Å². The Labute approximate surface area is 142 Å². The highest BCUT2D eigenvalue weighted by molar-refractivity contribution is 7.22. The predicted octanol–water partition coefficient (Wildman–Crippen LogP) is 1.66. The third-order valence-electron chi connectivity index (χ3n) is 5.32. The molecule has 2 aliphatic rings. The lowest BCUT2D eigenvalue weighted by molar-refractivity contribution is -0.314. The van der Waals surface area contributed by atoms with Crippen molar-refractivity contribution >= 4 is 38.6 Å². The number of aromatic nitrogens is 1. The monoisotopic (exact) mass is 345 g/mol. The van der Waals surface area contributed by atoms with Gasteiger partial charge in [-0.05, 0) is 49.3 Å². The van der Waals surface area contributed by atoms with Crippen molar-refractivity contribution in [3.8, 4) is 5.75 Å². The molecule has 1 amide bonds. The summed E-state index contributed by atoms with van der Waals surface area (Å²) in [5.74, 6) is -1.57. The number of carbonyl (C=O) groups is 2. The van der Waals surface area contributed by atoms with Crippen LogP contribution in [0.3, 0.4) is 0 Å². The summed E-state index contributed by atoms with van der Waals surface area (Å²) >= 11 is 1.36. The minimum atomic E-state index is -1.10.